The maximum atomic E-state index is 13.9. The number of hydrogen-bond acceptors (Lipinski definition) is 3. The number of likely N-dealkylation sites (N-methyl/N-ethyl adjacent to an activating group) is 1. The van der Waals surface area contributed by atoms with Crippen LogP contribution in [0, 0.1) is 5.82 Å². The first-order valence-electron chi connectivity index (χ1n) is 11.3. The van der Waals surface area contributed by atoms with Crippen LogP contribution in [-0.4, -0.2) is 48.6 Å². The SMILES string of the molecule is CCN(CC1CN(Cc2ccccc2)CCN1Cc1ccccc1)c1cccc(F)c1. The smallest absolute Gasteiger partial charge is 0.125 e. The second kappa shape index (κ2) is 10.6. The molecule has 4 heteroatoms. The van der Waals surface area contributed by atoms with Crippen molar-refractivity contribution in [3.05, 3.63) is 102 Å². The highest BCUT2D eigenvalue weighted by molar-refractivity contribution is 5.46. The molecule has 0 aromatic heterocycles. The molecule has 1 saturated heterocycles. The van der Waals surface area contributed by atoms with Gasteiger partial charge in [-0.25, -0.2) is 4.39 Å². The second-order valence-corrected chi connectivity index (χ2v) is 8.35. The minimum absolute atomic E-state index is 0.175. The summed E-state index contributed by atoms with van der Waals surface area (Å²) in [5.74, 6) is -0.175. The highest BCUT2D eigenvalue weighted by Gasteiger charge is 2.28. The standard InChI is InChI=1S/C27H32FN3/c1-2-30(26-15-9-14-25(28)18-26)22-27-21-29(19-23-10-5-3-6-11-23)16-17-31(27)20-24-12-7-4-8-13-24/h3-15,18,27H,2,16-17,19-22H2,1H3. The van der Waals surface area contributed by atoms with E-state index in [1.54, 1.807) is 12.1 Å². The molecule has 3 aromatic carbocycles. The highest BCUT2D eigenvalue weighted by Crippen LogP contribution is 2.21. The van der Waals surface area contributed by atoms with Crippen LogP contribution in [0.1, 0.15) is 18.1 Å². The van der Waals surface area contributed by atoms with Gasteiger partial charge in [-0.3, -0.25) is 9.80 Å². The van der Waals surface area contributed by atoms with E-state index in [-0.39, 0.29) is 5.82 Å². The largest absolute Gasteiger partial charge is 0.370 e. The van der Waals surface area contributed by atoms with Gasteiger partial charge in [-0.2, -0.15) is 0 Å². The Balaban J connectivity index is 1.51. The van der Waals surface area contributed by atoms with E-state index in [4.69, 9.17) is 0 Å². The molecule has 0 radical (unpaired) electrons. The van der Waals surface area contributed by atoms with E-state index in [0.717, 1.165) is 51.5 Å². The van der Waals surface area contributed by atoms with E-state index in [0.29, 0.717) is 6.04 Å². The van der Waals surface area contributed by atoms with Crippen LogP contribution in [0.5, 0.6) is 0 Å². The fraction of sp³-hybridized carbons (Fsp3) is 0.333. The molecule has 1 fully saturated rings. The molecule has 0 amide bonds. The Hall–Kier alpha value is -2.69. The Morgan fingerprint density at radius 1 is 0.839 bits per heavy atom. The van der Waals surface area contributed by atoms with Gasteiger partial charge >= 0.3 is 0 Å². The summed E-state index contributed by atoms with van der Waals surface area (Å²) in [6, 6.07) is 28.8. The third-order valence-corrected chi connectivity index (χ3v) is 6.15. The zero-order chi connectivity index (χ0) is 21.5. The minimum atomic E-state index is -0.175. The molecule has 3 aromatic rings. The first-order valence-corrected chi connectivity index (χ1v) is 11.3. The lowest BCUT2D eigenvalue weighted by atomic mass is 10.1. The van der Waals surface area contributed by atoms with Gasteiger partial charge in [-0.05, 0) is 36.2 Å². The predicted octanol–water partition coefficient (Wildman–Crippen LogP) is 5.04. The zero-order valence-corrected chi connectivity index (χ0v) is 18.3. The molecule has 1 aliphatic heterocycles. The van der Waals surface area contributed by atoms with E-state index in [9.17, 15) is 4.39 Å². The zero-order valence-electron chi connectivity index (χ0n) is 18.3. The molecule has 162 valence electrons. The van der Waals surface area contributed by atoms with Crippen LogP contribution in [0.2, 0.25) is 0 Å². The lowest BCUT2D eigenvalue weighted by Crippen LogP contribution is -2.56. The number of hydrogen-bond donors (Lipinski definition) is 0. The lowest BCUT2D eigenvalue weighted by Gasteiger charge is -2.43. The summed E-state index contributed by atoms with van der Waals surface area (Å²) in [5, 5.41) is 0. The van der Waals surface area contributed by atoms with Crippen molar-refractivity contribution in [1.82, 2.24) is 9.80 Å². The van der Waals surface area contributed by atoms with Gasteiger partial charge in [0.2, 0.25) is 0 Å². The van der Waals surface area contributed by atoms with Crippen molar-refractivity contribution in [2.45, 2.75) is 26.1 Å². The third-order valence-electron chi connectivity index (χ3n) is 6.15. The maximum absolute atomic E-state index is 13.9. The molecule has 31 heavy (non-hydrogen) atoms. The first kappa shape index (κ1) is 21.5. The Kier molecular flexibility index (Phi) is 7.34. The van der Waals surface area contributed by atoms with E-state index < -0.39 is 0 Å². The quantitative estimate of drug-likeness (QED) is 0.508. The Labute approximate surface area is 185 Å². The fourth-order valence-electron chi connectivity index (χ4n) is 4.49. The number of anilines is 1. The molecule has 0 bridgehead atoms. The summed E-state index contributed by atoms with van der Waals surface area (Å²) in [6.45, 7) is 8.92. The second-order valence-electron chi connectivity index (χ2n) is 8.35. The fourth-order valence-corrected chi connectivity index (χ4v) is 4.49. The Morgan fingerprint density at radius 3 is 2.16 bits per heavy atom. The molecule has 3 nitrogen and oxygen atoms in total. The molecule has 1 unspecified atom stereocenters. The summed E-state index contributed by atoms with van der Waals surface area (Å²) < 4.78 is 13.9. The van der Waals surface area contributed by atoms with Crippen molar-refractivity contribution < 1.29 is 4.39 Å². The number of piperazine rings is 1. The van der Waals surface area contributed by atoms with Crippen LogP contribution in [0.4, 0.5) is 10.1 Å². The Bertz CT molecular complexity index is 931. The number of rotatable bonds is 8. The highest BCUT2D eigenvalue weighted by atomic mass is 19.1. The van der Waals surface area contributed by atoms with Crippen molar-refractivity contribution in [1.29, 1.82) is 0 Å². The van der Waals surface area contributed by atoms with Crippen molar-refractivity contribution in [2.75, 3.05) is 37.6 Å². The molecule has 0 spiro atoms. The van der Waals surface area contributed by atoms with Crippen LogP contribution >= 0.6 is 0 Å². The average Bonchev–Trinajstić information content (AvgIpc) is 2.80. The molecular weight excluding hydrogens is 385 g/mol. The van der Waals surface area contributed by atoms with Gasteiger partial charge in [0.1, 0.15) is 5.82 Å². The van der Waals surface area contributed by atoms with Gasteiger partial charge in [-0.15, -0.1) is 0 Å². The number of halogens is 1. The number of nitrogens with zero attached hydrogens (tertiary/aromatic N) is 3. The maximum Gasteiger partial charge on any atom is 0.125 e. The van der Waals surface area contributed by atoms with Gasteiger partial charge in [0.15, 0.2) is 0 Å². The van der Waals surface area contributed by atoms with Crippen LogP contribution in [0.15, 0.2) is 84.9 Å². The molecule has 0 saturated carbocycles. The topological polar surface area (TPSA) is 9.72 Å². The molecule has 0 aliphatic carbocycles. The predicted molar refractivity (Wildman–Crippen MR) is 127 cm³/mol. The van der Waals surface area contributed by atoms with Crippen molar-refractivity contribution in [3.8, 4) is 0 Å². The normalized spacial score (nSPS) is 17.5. The molecule has 4 rings (SSSR count). The summed E-state index contributed by atoms with van der Waals surface area (Å²) in [5.41, 5.74) is 3.66. The van der Waals surface area contributed by atoms with Crippen molar-refractivity contribution in [2.24, 2.45) is 0 Å². The van der Waals surface area contributed by atoms with Gasteiger partial charge < -0.3 is 4.90 Å². The molecule has 1 atom stereocenters. The van der Waals surface area contributed by atoms with Gasteiger partial charge in [0.25, 0.3) is 0 Å². The summed E-state index contributed by atoms with van der Waals surface area (Å²) in [7, 11) is 0. The van der Waals surface area contributed by atoms with E-state index in [1.165, 1.54) is 17.2 Å². The van der Waals surface area contributed by atoms with Crippen molar-refractivity contribution >= 4 is 5.69 Å². The van der Waals surface area contributed by atoms with E-state index in [2.05, 4.69) is 82.3 Å². The van der Waals surface area contributed by atoms with Crippen LogP contribution in [-0.2, 0) is 13.1 Å². The third kappa shape index (κ3) is 5.93. The average molecular weight is 418 g/mol. The molecular formula is C27H32FN3. The minimum Gasteiger partial charge on any atom is -0.370 e. The van der Waals surface area contributed by atoms with Gasteiger partial charge in [-0.1, -0.05) is 66.7 Å². The summed E-state index contributed by atoms with van der Waals surface area (Å²) in [6.07, 6.45) is 0. The van der Waals surface area contributed by atoms with Gasteiger partial charge in [0.05, 0.1) is 0 Å². The molecule has 1 aliphatic rings. The monoisotopic (exact) mass is 417 g/mol. The Morgan fingerprint density at radius 2 is 1.52 bits per heavy atom. The molecule has 1 heterocycles. The summed E-state index contributed by atoms with van der Waals surface area (Å²) >= 11 is 0. The number of benzene rings is 3. The first-order chi connectivity index (χ1) is 15.2. The van der Waals surface area contributed by atoms with E-state index in [1.807, 2.05) is 6.07 Å². The van der Waals surface area contributed by atoms with Gasteiger partial charge in [0, 0.05) is 57.5 Å². The van der Waals surface area contributed by atoms with E-state index >= 15 is 0 Å². The van der Waals surface area contributed by atoms with Crippen LogP contribution in [0.3, 0.4) is 0 Å². The van der Waals surface area contributed by atoms with Crippen LogP contribution < -0.4 is 4.90 Å². The summed E-state index contributed by atoms with van der Waals surface area (Å²) in [4.78, 5) is 7.46. The van der Waals surface area contributed by atoms with Crippen molar-refractivity contribution in [3.63, 3.8) is 0 Å². The van der Waals surface area contributed by atoms with Crippen LogP contribution in [0.25, 0.3) is 0 Å². The lowest BCUT2D eigenvalue weighted by molar-refractivity contribution is 0.0672. The molecule has 0 N–H and O–H groups in total.